The van der Waals surface area contributed by atoms with Gasteiger partial charge in [0.15, 0.2) is 0 Å². The van der Waals surface area contributed by atoms with E-state index in [9.17, 15) is 9.59 Å². The maximum absolute atomic E-state index is 11.9. The number of benzene rings is 2. The van der Waals surface area contributed by atoms with Gasteiger partial charge in [0, 0.05) is 16.1 Å². The molecule has 0 atom stereocenters. The Bertz CT molecular complexity index is 636. The average Bonchev–Trinajstić information content (AvgIpc) is 2.48. The number of nitrogens with one attached hydrogen (secondary N) is 1. The fourth-order valence-electron chi connectivity index (χ4n) is 1.85. The van der Waals surface area contributed by atoms with Crippen molar-refractivity contribution in [2.24, 2.45) is 5.73 Å². The Morgan fingerprint density at radius 3 is 2.19 bits per heavy atom. The number of carbonyl (C=O) groups is 2. The summed E-state index contributed by atoms with van der Waals surface area (Å²) in [5.74, 6) is -0.583. The number of hydrogen-bond acceptors (Lipinski definition) is 3. The zero-order valence-corrected chi connectivity index (χ0v) is 12.4. The summed E-state index contributed by atoms with van der Waals surface area (Å²) in [7, 11) is 0. The summed E-state index contributed by atoms with van der Waals surface area (Å²) in [4.78, 5) is 24.1. The first-order chi connectivity index (χ1) is 10.1. The van der Waals surface area contributed by atoms with E-state index < -0.39 is 5.91 Å². The molecule has 2 aromatic carbocycles. The molecule has 0 aliphatic rings. The highest BCUT2D eigenvalue weighted by molar-refractivity contribution is 7.98. The van der Waals surface area contributed by atoms with E-state index in [1.165, 1.54) is 4.90 Å². The Balaban J connectivity index is 1.95. The molecule has 0 aromatic heterocycles. The summed E-state index contributed by atoms with van der Waals surface area (Å²) in [6.45, 7) is 0. The molecule has 0 aliphatic heterocycles. The van der Waals surface area contributed by atoms with Crippen LogP contribution in [-0.2, 0) is 11.2 Å². The van der Waals surface area contributed by atoms with Crippen molar-refractivity contribution in [3.63, 3.8) is 0 Å². The highest BCUT2D eigenvalue weighted by Crippen LogP contribution is 2.15. The van der Waals surface area contributed by atoms with Gasteiger partial charge in [-0.3, -0.25) is 9.59 Å². The molecule has 3 N–H and O–H groups in total. The molecule has 2 aromatic rings. The van der Waals surface area contributed by atoms with Crippen LogP contribution in [0.2, 0.25) is 0 Å². The van der Waals surface area contributed by atoms with Crippen LogP contribution in [0.15, 0.2) is 53.4 Å². The molecule has 2 amide bonds. The topological polar surface area (TPSA) is 72.2 Å². The van der Waals surface area contributed by atoms with E-state index in [1.54, 1.807) is 36.0 Å². The molecule has 0 bridgehead atoms. The normalized spacial score (nSPS) is 10.1. The van der Waals surface area contributed by atoms with Gasteiger partial charge in [0.2, 0.25) is 11.8 Å². The van der Waals surface area contributed by atoms with Crippen molar-refractivity contribution in [1.82, 2.24) is 0 Å². The van der Waals surface area contributed by atoms with Crippen LogP contribution in [0.3, 0.4) is 0 Å². The minimum Gasteiger partial charge on any atom is -0.366 e. The number of amides is 2. The number of rotatable bonds is 5. The number of nitrogens with two attached hydrogens (primary N) is 1. The van der Waals surface area contributed by atoms with Crippen molar-refractivity contribution in [3.8, 4) is 0 Å². The highest BCUT2D eigenvalue weighted by Gasteiger charge is 2.05. The number of carbonyl (C=O) groups excluding carboxylic acids is 2. The predicted octanol–water partition coefficient (Wildman–Crippen LogP) is 2.69. The average molecular weight is 300 g/mol. The van der Waals surface area contributed by atoms with Crippen LogP contribution in [0, 0.1) is 0 Å². The summed E-state index contributed by atoms with van der Waals surface area (Å²) in [6, 6.07) is 14.4. The third-order valence-electron chi connectivity index (χ3n) is 2.98. The summed E-state index contributed by atoms with van der Waals surface area (Å²) < 4.78 is 0. The number of hydrogen-bond donors (Lipinski definition) is 2. The molecule has 108 valence electrons. The number of anilines is 1. The highest BCUT2D eigenvalue weighted by atomic mass is 32.2. The van der Waals surface area contributed by atoms with Gasteiger partial charge in [0.1, 0.15) is 0 Å². The van der Waals surface area contributed by atoms with Gasteiger partial charge in [-0.2, -0.15) is 0 Å². The lowest BCUT2D eigenvalue weighted by molar-refractivity contribution is -0.115. The van der Waals surface area contributed by atoms with E-state index in [0.717, 1.165) is 5.56 Å². The van der Waals surface area contributed by atoms with Gasteiger partial charge >= 0.3 is 0 Å². The lowest BCUT2D eigenvalue weighted by atomic mass is 10.1. The van der Waals surface area contributed by atoms with Crippen LogP contribution in [0.5, 0.6) is 0 Å². The molecule has 0 spiro atoms. The molecule has 0 aliphatic carbocycles. The van der Waals surface area contributed by atoms with Crippen molar-refractivity contribution in [2.45, 2.75) is 11.3 Å². The lowest BCUT2D eigenvalue weighted by Gasteiger charge is -2.06. The zero-order chi connectivity index (χ0) is 15.2. The summed E-state index contributed by atoms with van der Waals surface area (Å²) in [5, 5.41) is 2.79. The largest absolute Gasteiger partial charge is 0.366 e. The van der Waals surface area contributed by atoms with E-state index >= 15 is 0 Å². The smallest absolute Gasteiger partial charge is 0.248 e. The van der Waals surface area contributed by atoms with Crippen LogP contribution in [-0.4, -0.2) is 18.1 Å². The van der Waals surface area contributed by atoms with Crippen molar-refractivity contribution >= 4 is 29.3 Å². The first kappa shape index (κ1) is 15.1. The maximum Gasteiger partial charge on any atom is 0.248 e. The van der Waals surface area contributed by atoms with Crippen molar-refractivity contribution in [3.05, 3.63) is 59.7 Å². The minimum atomic E-state index is -0.484. The first-order valence-corrected chi connectivity index (χ1v) is 7.63. The second kappa shape index (κ2) is 6.95. The zero-order valence-electron chi connectivity index (χ0n) is 11.6. The van der Waals surface area contributed by atoms with Crippen molar-refractivity contribution < 1.29 is 9.59 Å². The van der Waals surface area contributed by atoms with Gasteiger partial charge in [-0.1, -0.05) is 12.1 Å². The molecule has 0 saturated heterocycles. The molecular weight excluding hydrogens is 284 g/mol. The molecule has 0 heterocycles. The quantitative estimate of drug-likeness (QED) is 0.834. The van der Waals surface area contributed by atoms with Crippen molar-refractivity contribution in [2.75, 3.05) is 11.6 Å². The van der Waals surface area contributed by atoms with Crippen LogP contribution in [0.1, 0.15) is 15.9 Å². The molecule has 0 saturated carbocycles. The Kier molecular flexibility index (Phi) is 5.00. The van der Waals surface area contributed by atoms with Gasteiger partial charge < -0.3 is 11.1 Å². The molecule has 21 heavy (non-hydrogen) atoms. The molecule has 0 radical (unpaired) electrons. The Morgan fingerprint density at radius 2 is 1.67 bits per heavy atom. The second-order valence-corrected chi connectivity index (χ2v) is 5.39. The van der Waals surface area contributed by atoms with Gasteiger partial charge in [-0.05, 0) is 48.2 Å². The van der Waals surface area contributed by atoms with E-state index in [2.05, 4.69) is 5.32 Å². The van der Waals surface area contributed by atoms with Gasteiger partial charge in [-0.15, -0.1) is 11.8 Å². The molecule has 0 unspecified atom stereocenters. The summed E-state index contributed by atoms with van der Waals surface area (Å²) in [5.41, 5.74) is 7.18. The van der Waals surface area contributed by atoms with Crippen LogP contribution in [0.4, 0.5) is 5.69 Å². The maximum atomic E-state index is 11.9. The Morgan fingerprint density at radius 1 is 1.05 bits per heavy atom. The molecule has 0 fully saturated rings. The molecular formula is C16H16N2O2S. The SMILES string of the molecule is CSc1ccc(CC(=O)Nc2ccc(C(N)=O)cc2)cc1. The summed E-state index contributed by atoms with van der Waals surface area (Å²) >= 11 is 1.66. The first-order valence-electron chi connectivity index (χ1n) is 6.41. The second-order valence-electron chi connectivity index (χ2n) is 4.51. The predicted molar refractivity (Wildman–Crippen MR) is 85.5 cm³/mol. The fraction of sp³-hybridized carbons (Fsp3) is 0.125. The van der Waals surface area contributed by atoms with E-state index in [0.29, 0.717) is 17.7 Å². The Labute approximate surface area is 127 Å². The van der Waals surface area contributed by atoms with Crippen molar-refractivity contribution in [1.29, 1.82) is 0 Å². The molecule has 4 nitrogen and oxygen atoms in total. The van der Waals surface area contributed by atoms with Gasteiger partial charge in [-0.25, -0.2) is 0 Å². The van der Waals surface area contributed by atoms with E-state index in [-0.39, 0.29) is 5.91 Å². The molecule has 2 rings (SSSR count). The standard InChI is InChI=1S/C16H16N2O2S/c1-21-14-8-2-11(3-9-14)10-15(19)18-13-6-4-12(5-7-13)16(17)20/h2-9H,10H2,1H3,(H2,17,20)(H,18,19). The number of thioether (sulfide) groups is 1. The fourth-order valence-corrected chi connectivity index (χ4v) is 2.26. The van der Waals surface area contributed by atoms with E-state index in [1.807, 2.05) is 30.5 Å². The van der Waals surface area contributed by atoms with Gasteiger partial charge in [0.25, 0.3) is 0 Å². The Hall–Kier alpha value is -2.27. The summed E-state index contributed by atoms with van der Waals surface area (Å²) in [6.07, 6.45) is 2.32. The van der Waals surface area contributed by atoms with Crippen LogP contribution in [0.25, 0.3) is 0 Å². The van der Waals surface area contributed by atoms with Crippen LogP contribution >= 0.6 is 11.8 Å². The third kappa shape index (κ3) is 4.36. The monoisotopic (exact) mass is 300 g/mol. The lowest BCUT2D eigenvalue weighted by Crippen LogP contribution is -2.15. The van der Waals surface area contributed by atoms with E-state index in [4.69, 9.17) is 5.73 Å². The third-order valence-corrected chi connectivity index (χ3v) is 3.72. The minimum absolute atomic E-state index is 0.0984. The van der Waals surface area contributed by atoms with Gasteiger partial charge in [0.05, 0.1) is 6.42 Å². The molecule has 5 heteroatoms. The number of primary amides is 1. The van der Waals surface area contributed by atoms with Crippen LogP contribution < -0.4 is 11.1 Å².